The van der Waals surface area contributed by atoms with Gasteiger partial charge in [-0.25, -0.2) is 18.7 Å². The van der Waals surface area contributed by atoms with E-state index < -0.39 is 11.6 Å². The highest BCUT2D eigenvalue weighted by Crippen LogP contribution is 2.30. The summed E-state index contributed by atoms with van der Waals surface area (Å²) in [4.78, 5) is 23.3. The summed E-state index contributed by atoms with van der Waals surface area (Å²) in [6, 6.07) is 6.82. The number of hydrogen-bond donors (Lipinski definition) is 1. The van der Waals surface area contributed by atoms with Crippen LogP contribution in [0.2, 0.25) is 0 Å². The highest BCUT2D eigenvalue weighted by atomic mass is 19.1. The van der Waals surface area contributed by atoms with Crippen LogP contribution >= 0.6 is 0 Å². The first kappa shape index (κ1) is 18.7. The second-order valence-electron chi connectivity index (χ2n) is 6.10. The number of benzene rings is 1. The number of nitrogens with zero attached hydrogens (tertiary/aromatic N) is 3. The molecule has 0 unspecified atom stereocenters. The molecule has 3 aromatic rings. The smallest absolute Gasteiger partial charge is 0.257 e. The third-order valence-corrected chi connectivity index (χ3v) is 4.34. The van der Waals surface area contributed by atoms with Crippen LogP contribution < -0.4 is 5.32 Å². The van der Waals surface area contributed by atoms with Crippen molar-refractivity contribution in [3.8, 4) is 0 Å². The van der Waals surface area contributed by atoms with Gasteiger partial charge in [-0.05, 0) is 45.0 Å². The Kier molecular flexibility index (Phi) is 5.30. The van der Waals surface area contributed by atoms with Gasteiger partial charge in [0.05, 0.1) is 16.9 Å². The van der Waals surface area contributed by atoms with E-state index in [1.54, 1.807) is 17.0 Å². The zero-order chi connectivity index (χ0) is 19.6. The summed E-state index contributed by atoms with van der Waals surface area (Å²) < 4.78 is 27.4. The average molecular weight is 370 g/mol. The maximum Gasteiger partial charge on any atom is 0.257 e. The number of anilines is 2. The van der Waals surface area contributed by atoms with Crippen LogP contribution in [0.3, 0.4) is 0 Å². The number of rotatable bonds is 5. The molecule has 0 aliphatic carbocycles. The number of fused-ring (bicyclic) bond motifs is 1. The van der Waals surface area contributed by atoms with Crippen LogP contribution in [0.4, 0.5) is 20.2 Å². The maximum absolute atomic E-state index is 14.2. The van der Waals surface area contributed by atoms with Gasteiger partial charge in [-0.1, -0.05) is 0 Å². The lowest BCUT2D eigenvalue weighted by atomic mass is 10.1. The quantitative estimate of drug-likeness (QED) is 0.721. The van der Waals surface area contributed by atoms with E-state index in [1.807, 2.05) is 20.8 Å². The third-order valence-electron chi connectivity index (χ3n) is 4.34. The van der Waals surface area contributed by atoms with Gasteiger partial charge in [-0.15, -0.1) is 0 Å². The summed E-state index contributed by atoms with van der Waals surface area (Å²) in [6.45, 7) is 6.66. The molecule has 2 heterocycles. The van der Waals surface area contributed by atoms with E-state index in [9.17, 15) is 13.6 Å². The topological polar surface area (TPSA) is 58.1 Å². The SMILES string of the molecule is CCN(CC)C(=O)c1cnc2nc(C)ccc2c1Nc1ccc(F)cc1F. The second kappa shape index (κ2) is 7.65. The van der Waals surface area contributed by atoms with Gasteiger partial charge >= 0.3 is 0 Å². The summed E-state index contributed by atoms with van der Waals surface area (Å²) in [5.41, 5.74) is 1.99. The summed E-state index contributed by atoms with van der Waals surface area (Å²) in [5, 5.41) is 3.53. The van der Waals surface area contributed by atoms with Crippen molar-refractivity contribution in [1.29, 1.82) is 0 Å². The van der Waals surface area contributed by atoms with Crippen LogP contribution in [0, 0.1) is 18.6 Å². The maximum atomic E-state index is 14.2. The van der Waals surface area contributed by atoms with Gasteiger partial charge in [-0.3, -0.25) is 4.79 Å². The Morgan fingerprint density at radius 1 is 1.15 bits per heavy atom. The van der Waals surface area contributed by atoms with Crippen LogP contribution in [-0.2, 0) is 0 Å². The Balaban J connectivity index is 2.19. The van der Waals surface area contributed by atoms with E-state index in [0.717, 1.165) is 17.8 Å². The van der Waals surface area contributed by atoms with E-state index >= 15 is 0 Å². The summed E-state index contributed by atoms with van der Waals surface area (Å²) >= 11 is 0. The van der Waals surface area contributed by atoms with Crippen molar-refractivity contribution in [1.82, 2.24) is 14.9 Å². The molecule has 1 aromatic carbocycles. The van der Waals surface area contributed by atoms with Crippen molar-refractivity contribution in [2.24, 2.45) is 0 Å². The van der Waals surface area contributed by atoms with Gasteiger partial charge in [0.25, 0.3) is 5.91 Å². The Morgan fingerprint density at radius 2 is 1.89 bits per heavy atom. The summed E-state index contributed by atoms with van der Waals surface area (Å²) in [7, 11) is 0. The number of carbonyl (C=O) groups is 1. The van der Waals surface area contributed by atoms with Crippen molar-refractivity contribution in [3.63, 3.8) is 0 Å². The molecule has 1 amide bonds. The van der Waals surface area contributed by atoms with E-state index in [2.05, 4.69) is 15.3 Å². The van der Waals surface area contributed by atoms with Crippen LogP contribution in [0.15, 0.2) is 36.5 Å². The van der Waals surface area contributed by atoms with Gasteiger partial charge in [-0.2, -0.15) is 0 Å². The predicted octanol–water partition coefficient (Wildman–Crippen LogP) is 4.44. The molecule has 5 nitrogen and oxygen atoms in total. The number of hydrogen-bond acceptors (Lipinski definition) is 4. The second-order valence-corrected chi connectivity index (χ2v) is 6.10. The molecule has 7 heteroatoms. The largest absolute Gasteiger partial charge is 0.352 e. The molecule has 0 radical (unpaired) electrons. The van der Waals surface area contributed by atoms with Crippen LogP contribution in [0.25, 0.3) is 11.0 Å². The predicted molar refractivity (Wildman–Crippen MR) is 101 cm³/mol. The van der Waals surface area contributed by atoms with Gasteiger partial charge in [0.2, 0.25) is 0 Å². The Morgan fingerprint density at radius 3 is 2.56 bits per heavy atom. The van der Waals surface area contributed by atoms with Crippen LogP contribution in [-0.4, -0.2) is 33.9 Å². The molecule has 0 saturated carbocycles. The highest BCUT2D eigenvalue weighted by molar-refractivity contribution is 6.07. The normalized spacial score (nSPS) is 10.9. The molecule has 0 fully saturated rings. The minimum Gasteiger partial charge on any atom is -0.352 e. The number of amides is 1. The van der Waals surface area contributed by atoms with Gasteiger partial charge in [0.1, 0.15) is 11.6 Å². The molecule has 0 bridgehead atoms. The molecule has 0 aliphatic rings. The monoisotopic (exact) mass is 370 g/mol. The number of aryl methyl sites for hydroxylation is 1. The number of carbonyl (C=O) groups excluding carboxylic acids is 1. The fourth-order valence-corrected chi connectivity index (χ4v) is 2.88. The first-order chi connectivity index (χ1) is 12.9. The minimum absolute atomic E-state index is 0.0677. The van der Waals surface area contributed by atoms with Crippen molar-refractivity contribution >= 4 is 28.3 Å². The highest BCUT2D eigenvalue weighted by Gasteiger charge is 2.21. The summed E-state index contributed by atoms with van der Waals surface area (Å²) in [5.74, 6) is -1.64. The summed E-state index contributed by atoms with van der Waals surface area (Å²) in [6.07, 6.45) is 1.44. The number of pyridine rings is 2. The average Bonchev–Trinajstić information content (AvgIpc) is 2.64. The molecule has 27 heavy (non-hydrogen) atoms. The van der Waals surface area contributed by atoms with Crippen LogP contribution in [0.1, 0.15) is 29.9 Å². The number of halogens is 2. The lowest BCUT2D eigenvalue weighted by Gasteiger charge is -2.21. The Bertz CT molecular complexity index is 1000. The van der Waals surface area contributed by atoms with Gasteiger partial charge < -0.3 is 10.2 Å². The van der Waals surface area contributed by atoms with Crippen molar-refractivity contribution < 1.29 is 13.6 Å². The van der Waals surface area contributed by atoms with E-state index in [0.29, 0.717) is 35.4 Å². The first-order valence-corrected chi connectivity index (χ1v) is 8.72. The third kappa shape index (κ3) is 3.72. The molecular formula is C20H20F2N4O. The minimum atomic E-state index is -0.749. The van der Waals surface area contributed by atoms with E-state index in [4.69, 9.17) is 0 Å². The molecule has 140 valence electrons. The molecule has 2 aromatic heterocycles. The lowest BCUT2D eigenvalue weighted by molar-refractivity contribution is 0.0773. The van der Waals surface area contributed by atoms with Crippen molar-refractivity contribution in [2.75, 3.05) is 18.4 Å². The van der Waals surface area contributed by atoms with Gasteiger partial charge in [0, 0.05) is 36.4 Å². The first-order valence-electron chi connectivity index (χ1n) is 8.72. The number of nitrogens with one attached hydrogen (secondary N) is 1. The fraction of sp³-hybridized carbons (Fsp3) is 0.250. The van der Waals surface area contributed by atoms with Crippen molar-refractivity contribution in [3.05, 3.63) is 59.4 Å². The zero-order valence-corrected chi connectivity index (χ0v) is 15.4. The molecule has 3 rings (SSSR count). The molecule has 0 aliphatic heterocycles. The molecule has 0 atom stereocenters. The van der Waals surface area contributed by atoms with Crippen LogP contribution in [0.5, 0.6) is 0 Å². The molecular weight excluding hydrogens is 350 g/mol. The zero-order valence-electron chi connectivity index (χ0n) is 15.4. The Hall–Kier alpha value is -3.09. The fourth-order valence-electron chi connectivity index (χ4n) is 2.88. The standard InChI is InChI=1S/C20H20F2N4O/c1-4-26(5-2)20(27)15-11-23-19-14(8-6-12(3)24-19)18(15)25-17-9-7-13(21)10-16(17)22/h6-11H,4-5H2,1-3H3,(H,23,24,25). The lowest BCUT2D eigenvalue weighted by Crippen LogP contribution is -2.31. The van der Waals surface area contributed by atoms with Crippen molar-refractivity contribution in [2.45, 2.75) is 20.8 Å². The Labute approximate surface area is 156 Å². The molecule has 0 spiro atoms. The molecule has 0 saturated heterocycles. The van der Waals surface area contributed by atoms with E-state index in [-0.39, 0.29) is 11.6 Å². The van der Waals surface area contributed by atoms with E-state index in [1.165, 1.54) is 12.3 Å². The molecule has 1 N–H and O–H groups in total. The van der Waals surface area contributed by atoms with Gasteiger partial charge in [0.15, 0.2) is 5.65 Å². The number of aromatic nitrogens is 2.